The summed E-state index contributed by atoms with van der Waals surface area (Å²) < 4.78 is 4.27. The van der Waals surface area contributed by atoms with Crippen LogP contribution in [0.2, 0.25) is 0 Å². The van der Waals surface area contributed by atoms with E-state index in [4.69, 9.17) is 0 Å². The Labute approximate surface area is 176 Å². The monoisotopic (exact) mass is 388 g/mol. The van der Waals surface area contributed by atoms with E-state index in [0.29, 0.717) is 5.57 Å². The first-order valence-corrected chi connectivity index (χ1v) is 8.90. The number of carbonyl (C=O) groups is 1. The van der Waals surface area contributed by atoms with Gasteiger partial charge in [-0.3, -0.25) is 0 Å². The average Bonchev–Trinajstić information content (AvgIpc) is 2.79. The summed E-state index contributed by atoms with van der Waals surface area (Å²) in [7, 11) is 1.33. The summed E-state index contributed by atoms with van der Waals surface area (Å²) >= 11 is 0. The van der Waals surface area contributed by atoms with Crippen molar-refractivity contribution < 1.29 is 9.53 Å². The topological polar surface area (TPSA) is 26.3 Å². The zero-order valence-electron chi connectivity index (χ0n) is 17.6. The lowest BCUT2D eigenvalue weighted by molar-refractivity contribution is -0.136. The minimum atomic E-state index is -0.347. The van der Waals surface area contributed by atoms with Gasteiger partial charge in [-0.2, -0.15) is 0 Å². The van der Waals surface area contributed by atoms with Gasteiger partial charge < -0.3 is 4.74 Å². The SMILES string of the molecule is C=C(C)C(=O)OC.C=CC=C.C=Cc1ccccc1.C=Cc1ccccc1C=C. The van der Waals surface area contributed by atoms with E-state index in [2.05, 4.69) is 44.2 Å². The summed E-state index contributed by atoms with van der Waals surface area (Å²) in [6.07, 6.45) is 8.77. The average molecular weight is 389 g/mol. The van der Waals surface area contributed by atoms with Crippen LogP contribution >= 0.6 is 0 Å². The summed E-state index contributed by atoms with van der Waals surface area (Å²) in [5.74, 6) is -0.347. The molecule has 0 radical (unpaired) electrons. The zero-order valence-corrected chi connectivity index (χ0v) is 17.6. The maximum absolute atomic E-state index is 10.2. The van der Waals surface area contributed by atoms with Gasteiger partial charge in [0.2, 0.25) is 0 Å². The molecular weight excluding hydrogens is 356 g/mol. The fourth-order valence-corrected chi connectivity index (χ4v) is 1.65. The molecule has 0 aromatic heterocycles. The van der Waals surface area contributed by atoms with Gasteiger partial charge in [0.05, 0.1) is 7.11 Å². The van der Waals surface area contributed by atoms with E-state index < -0.39 is 0 Å². The molecule has 0 bridgehead atoms. The van der Waals surface area contributed by atoms with Crippen molar-refractivity contribution in [3.05, 3.63) is 128 Å². The van der Waals surface area contributed by atoms with Gasteiger partial charge >= 0.3 is 5.97 Å². The molecule has 29 heavy (non-hydrogen) atoms. The van der Waals surface area contributed by atoms with E-state index in [1.807, 2.05) is 72.8 Å². The maximum atomic E-state index is 10.2. The fraction of sp³-hybridized carbons (Fsp3) is 0.0741. The predicted octanol–water partition coefficient (Wildman–Crippen LogP) is 7.40. The van der Waals surface area contributed by atoms with E-state index in [-0.39, 0.29) is 5.97 Å². The normalized spacial score (nSPS) is 7.93. The van der Waals surface area contributed by atoms with Crippen molar-refractivity contribution in [2.24, 2.45) is 0 Å². The maximum Gasteiger partial charge on any atom is 0.332 e. The highest BCUT2D eigenvalue weighted by molar-refractivity contribution is 5.86. The first kappa shape index (κ1) is 27.6. The Morgan fingerprint density at radius 3 is 1.38 bits per heavy atom. The lowest BCUT2D eigenvalue weighted by Crippen LogP contribution is -1.98. The Morgan fingerprint density at radius 1 is 0.759 bits per heavy atom. The zero-order chi connectivity index (χ0) is 22.5. The number of hydrogen-bond donors (Lipinski definition) is 0. The number of hydrogen-bond acceptors (Lipinski definition) is 2. The van der Waals surface area contributed by atoms with Crippen LogP contribution in [-0.4, -0.2) is 13.1 Å². The Hall–Kier alpha value is -3.65. The van der Waals surface area contributed by atoms with E-state index in [9.17, 15) is 4.79 Å². The second-order valence-electron chi connectivity index (χ2n) is 5.40. The van der Waals surface area contributed by atoms with Gasteiger partial charge in [0, 0.05) is 5.57 Å². The Kier molecular flexibility index (Phi) is 18.2. The molecule has 0 heterocycles. The van der Waals surface area contributed by atoms with Gasteiger partial charge in [0.1, 0.15) is 0 Å². The molecule has 0 aliphatic rings. The van der Waals surface area contributed by atoms with Crippen LogP contribution in [0.5, 0.6) is 0 Å². The van der Waals surface area contributed by atoms with E-state index in [1.165, 1.54) is 12.7 Å². The molecule has 0 amide bonds. The fourth-order valence-electron chi connectivity index (χ4n) is 1.65. The highest BCUT2D eigenvalue weighted by Crippen LogP contribution is 2.10. The van der Waals surface area contributed by atoms with Crippen molar-refractivity contribution >= 4 is 24.2 Å². The third-order valence-corrected chi connectivity index (χ3v) is 3.17. The molecule has 0 saturated heterocycles. The van der Waals surface area contributed by atoms with Crippen LogP contribution in [0, 0.1) is 0 Å². The number of methoxy groups -OCH3 is 1. The Morgan fingerprint density at radius 2 is 1.17 bits per heavy atom. The van der Waals surface area contributed by atoms with Gasteiger partial charge in [-0.1, -0.05) is 124 Å². The standard InChI is InChI=1S/C10H10.C8H8.C5H8O2.C4H6/c1-3-9-7-5-6-8-10(9)4-2;1-2-8-6-4-3-5-7-8;1-4(2)5(6)7-3;1-3-4-2/h3-8H,1-2H2;2-7H,1H2;1H2,2-3H3;3-4H,1-2H2. The molecule has 0 saturated carbocycles. The quantitative estimate of drug-likeness (QED) is 0.303. The molecule has 2 nitrogen and oxygen atoms in total. The van der Waals surface area contributed by atoms with Gasteiger partial charge in [0.25, 0.3) is 0 Å². The van der Waals surface area contributed by atoms with Crippen molar-refractivity contribution in [2.45, 2.75) is 6.92 Å². The number of esters is 1. The number of benzene rings is 2. The highest BCUT2D eigenvalue weighted by atomic mass is 16.5. The molecule has 0 spiro atoms. The van der Waals surface area contributed by atoms with Crippen molar-refractivity contribution in [2.75, 3.05) is 7.11 Å². The van der Waals surface area contributed by atoms with Crippen LogP contribution in [0.25, 0.3) is 18.2 Å². The number of ether oxygens (including phenoxy) is 1. The summed E-state index contributed by atoms with van der Waals surface area (Å²) in [6.45, 7) is 22.7. The van der Waals surface area contributed by atoms with E-state index in [0.717, 1.165) is 11.1 Å². The van der Waals surface area contributed by atoms with Gasteiger partial charge in [0.15, 0.2) is 0 Å². The molecule has 2 rings (SSSR count). The molecular formula is C27H32O2. The largest absolute Gasteiger partial charge is 0.466 e. The molecule has 2 aromatic carbocycles. The van der Waals surface area contributed by atoms with Gasteiger partial charge in [-0.25, -0.2) is 4.79 Å². The minimum Gasteiger partial charge on any atom is -0.466 e. The lowest BCUT2D eigenvalue weighted by Gasteiger charge is -1.96. The van der Waals surface area contributed by atoms with Gasteiger partial charge in [-0.05, 0) is 23.6 Å². The van der Waals surface area contributed by atoms with Crippen LogP contribution < -0.4 is 0 Å². The number of carbonyl (C=O) groups excluding carboxylic acids is 1. The number of rotatable bonds is 5. The summed E-state index contributed by atoms with van der Waals surface area (Å²) in [6, 6.07) is 18.0. The summed E-state index contributed by atoms with van der Waals surface area (Å²) in [5, 5.41) is 0. The van der Waals surface area contributed by atoms with Crippen LogP contribution in [0.4, 0.5) is 0 Å². The van der Waals surface area contributed by atoms with Crippen molar-refractivity contribution in [3.63, 3.8) is 0 Å². The molecule has 2 aromatic rings. The van der Waals surface area contributed by atoms with Crippen LogP contribution in [-0.2, 0) is 9.53 Å². The molecule has 2 heteroatoms. The second-order valence-corrected chi connectivity index (χ2v) is 5.40. The molecule has 0 fully saturated rings. The molecule has 152 valence electrons. The second kappa shape index (κ2) is 19.1. The molecule has 0 aliphatic carbocycles. The molecule has 0 unspecified atom stereocenters. The Bertz CT molecular complexity index is 750. The van der Waals surface area contributed by atoms with Crippen molar-refractivity contribution in [3.8, 4) is 0 Å². The van der Waals surface area contributed by atoms with Gasteiger partial charge in [-0.15, -0.1) is 0 Å². The smallest absolute Gasteiger partial charge is 0.332 e. The first-order valence-electron chi connectivity index (χ1n) is 8.90. The third-order valence-electron chi connectivity index (χ3n) is 3.17. The van der Waals surface area contributed by atoms with E-state index in [1.54, 1.807) is 19.1 Å². The predicted molar refractivity (Wildman–Crippen MR) is 130 cm³/mol. The molecule has 0 atom stereocenters. The minimum absolute atomic E-state index is 0.347. The first-order chi connectivity index (χ1) is 13.9. The summed E-state index contributed by atoms with van der Waals surface area (Å²) in [4.78, 5) is 10.2. The number of allylic oxidation sites excluding steroid dienone is 2. The highest BCUT2D eigenvalue weighted by Gasteiger charge is 1.95. The van der Waals surface area contributed by atoms with Crippen molar-refractivity contribution in [1.82, 2.24) is 0 Å². The molecule has 0 aliphatic heterocycles. The van der Waals surface area contributed by atoms with Crippen LogP contribution in [0.1, 0.15) is 23.6 Å². The third kappa shape index (κ3) is 15.1. The summed E-state index contributed by atoms with van der Waals surface area (Å²) in [5.41, 5.74) is 3.88. The Balaban J connectivity index is 0. The van der Waals surface area contributed by atoms with Crippen LogP contribution in [0.3, 0.4) is 0 Å². The molecule has 0 N–H and O–H groups in total. The van der Waals surface area contributed by atoms with Crippen molar-refractivity contribution in [1.29, 1.82) is 0 Å². The lowest BCUT2D eigenvalue weighted by atomic mass is 10.1. The van der Waals surface area contributed by atoms with E-state index >= 15 is 0 Å². The van der Waals surface area contributed by atoms with Crippen LogP contribution in [0.15, 0.2) is 112 Å².